The van der Waals surface area contributed by atoms with Crippen LogP contribution in [0.25, 0.3) is 0 Å². The predicted molar refractivity (Wildman–Crippen MR) is 73.3 cm³/mol. The molecule has 0 saturated heterocycles. The van der Waals surface area contributed by atoms with Crippen LogP contribution in [0.3, 0.4) is 0 Å². The molecule has 1 aromatic carbocycles. The molecule has 0 spiro atoms. The molecule has 18 heavy (non-hydrogen) atoms. The first-order valence-electron chi connectivity index (χ1n) is 6.77. The van der Waals surface area contributed by atoms with Crippen molar-refractivity contribution in [1.29, 1.82) is 0 Å². The van der Waals surface area contributed by atoms with Crippen molar-refractivity contribution in [1.82, 2.24) is 5.32 Å². The summed E-state index contributed by atoms with van der Waals surface area (Å²) in [7, 11) is 0. The van der Waals surface area contributed by atoms with Crippen molar-refractivity contribution in [2.45, 2.75) is 52.0 Å². The molecule has 0 heterocycles. The van der Waals surface area contributed by atoms with E-state index in [2.05, 4.69) is 12.2 Å². The summed E-state index contributed by atoms with van der Waals surface area (Å²) in [5, 5.41) is 12.2. The third kappa shape index (κ3) is 6.28. The lowest BCUT2D eigenvalue weighted by Gasteiger charge is -2.05. The van der Waals surface area contributed by atoms with Crippen molar-refractivity contribution in [2.24, 2.45) is 0 Å². The summed E-state index contributed by atoms with van der Waals surface area (Å²) in [5.41, 5.74) is 0.925. The SMILES string of the molecule is CCCCCCCC(=O)NCc1cccc(O)c1. The van der Waals surface area contributed by atoms with Gasteiger partial charge in [-0.1, -0.05) is 44.7 Å². The van der Waals surface area contributed by atoms with Crippen molar-refractivity contribution in [3.05, 3.63) is 29.8 Å². The minimum atomic E-state index is 0.0924. The Kier molecular flexibility index (Phi) is 6.92. The van der Waals surface area contributed by atoms with Crippen LogP contribution in [0.5, 0.6) is 5.75 Å². The smallest absolute Gasteiger partial charge is 0.220 e. The van der Waals surface area contributed by atoms with Gasteiger partial charge >= 0.3 is 0 Å². The topological polar surface area (TPSA) is 49.3 Å². The molecular formula is C15H23NO2. The van der Waals surface area contributed by atoms with Crippen LogP contribution in [0, 0.1) is 0 Å². The number of phenols is 1. The molecule has 0 bridgehead atoms. The van der Waals surface area contributed by atoms with Gasteiger partial charge in [0.15, 0.2) is 0 Å². The molecule has 100 valence electrons. The second-order valence-corrected chi connectivity index (χ2v) is 4.61. The number of carbonyl (C=O) groups is 1. The van der Waals surface area contributed by atoms with Gasteiger partial charge in [-0.25, -0.2) is 0 Å². The minimum absolute atomic E-state index is 0.0924. The standard InChI is InChI=1S/C15H23NO2/c1-2-3-4-5-6-10-15(18)16-12-13-8-7-9-14(17)11-13/h7-9,11,17H,2-6,10,12H2,1H3,(H,16,18). The molecule has 0 fully saturated rings. The maximum atomic E-state index is 11.6. The Morgan fingerprint density at radius 3 is 2.72 bits per heavy atom. The number of amides is 1. The molecule has 0 atom stereocenters. The van der Waals surface area contributed by atoms with Crippen LogP contribution in [0.4, 0.5) is 0 Å². The Morgan fingerprint density at radius 2 is 2.00 bits per heavy atom. The number of aromatic hydroxyl groups is 1. The van der Waals surface area contributed by atoms with E-state index in [1.165, 1.54) is 19.3 Å². The summed E-state index contributed by atoms with van der Waals surface area (Å²) >= 11 is 0. The Bertz CT molecular complexity index is 363. The molecule has 2 N–H and O–H groups in total. The lowest BCUT2D eigenvalue weighted by atomic mass is 10.1. The molecule has 3 nitrogen and oxygen atoms in total. The van der Waals surface area contributed by atoms with Crippen LogP contribution >= 0.6 is 0 Å². The molecule has 0 aliphatic rings. The van der Waals surface area contributed by atoms with E-state index < -0.39 is 0 Å². The van der Waals surface area contributed by atoms with Crippen LogP contribution in [0.15, 0.2) is 24.3 Å². The van der Waals surface area contributed by atoms with Gasteiger partial charge in [0.1, 0.15) is 5.75 Å². The molecule has 0 aliphatic carbocycles. The minimum Gasteiger partial charge on any atom is -0.508 e. The van der Waals surface area contributed by atoms with E-state index >= 15 is 0 Å². The van der Waals surface area contributed by atoms with Gasteiger partial charge in [0.2, 0.25) is 5.91 Å². The highest BCUT2D eigenvalue weighted by molar-refractivity contribution is 5.75. The Morgan fingerprint density at radius 1 is 1.22 bits per heavy atom. The first-order valence-corrected chi connectivity index (χ1v) is 6.77. The fraction of sp³-hybridized carbons (Fsp3) is 0.533. The average molecular weight is 249 g/mol. The molecule has 0 radical (unpaired) electrons. The van der Waals surface area contributed by atoms with E-state index in [0.717, 1.165) is 18.4 Å². The van der Waals surface area contributed by atoms with E-state index in [-0.39, 0.29) is 11.7 Å². The van der Waals surface area contributed by atoms with Gasteiger partial charge < -0.3 is 10.4 Å². The fourth-order valence-corrected chi connectivity index (χ4v) is 1.84. The normalized spacial score (nSPS) is 10.3. The third-order valence-corrected chi connectivity index (χ3v) is 2.91. The number of carbonyl (C=O) groups excluding carboxylic acids is 1. The molecule has 1 aromatic rings. The van der Waals surface area contributed by atoms with E-state index in [0.29, 0.717) is 13.0 Å². The zero-order valence-electron chi connectivity index (χ0n) is 11.1. The number of benzene rings is 1. The molecule has 0 aliphatic heterocycles. The Balaban J connectivity index is 2.13. The molecule has 0 aromatic heterocycles. The molecular weight excluding hydrogens is 226 g/mol. The number of unbranched alkanes of at least 4 members (excludes halogenated alkanes) is 4. The third-order valence-electron chi connectivity index (χ3n) is 2.91. The van der Waals surface area contributed by atoms with Crippen molar-refractivity contribution in [3.63, 3.8) is 0 Å². The summed E-state index contributed by atoms with van der Waals surface area (Å²) in [5.74, 6) is 0.330. The lowest BCUT2D eigenvalue weighted by molar-refractivity contribution is -0.121. The number of hydrogen-bond acceptors (Lipinski definition) is 2. The molecule has 3 heteroatoms. The number of hydrogen-bond donors (Lipinski definition) is 2. The quantitative estimate of drug-likeness (QED) is 0.694. The molecule has 1 rings (SSSR count). The summed E-state index contributed by atoms with van der Waals surface area (Å²) in [6, 6.07) is 6.96. The van der Waals surface area contributed by atoms with Crippen LogP contribution < -0.4 is 5.32 Å². The van der Waals surface area contributed by atoms with Gasteiger partial charge in [0, 0.05) is 13.0 Å². The molecule has 0 saturated carbocycles. The van der Waals surface area contributed by atoms with Gasteiger partial charge in [-0.3, -0.25) is 4.79 Å². The molecule has 1 amide bonds. The van der Waals surface area contributed by atoms with Crippen LogP contribution in [0.2, 0.25) is 0 Å². The van der Waals surface area contributed by atoms with Gasteiger partial charge in [0.25, 0.3) is 0 Å². The maximum Gasteiger partial charge on any atom is 0.220 e. The first-order chi connectivity index (χ1) is 8.72. The second kappa shape index (κ2) is 8.56. The highest BCUT2D eigenvalue weighted by Gasteiger charge is 2.01. The summed E-state index contributed by atoms with van der Waals surface area (Å²) in [6.45, 7) is 2.67. The number of phenolic OH excluding ortho intramolecular Hbond substituents is 1. The van der Waals surface area contributed by atoms with E-state index in [1.807, 2.05) is 6.07 Å². The Hall–Kier alpha value is -1.51. The monoisotopic (exact) mass is 249 g/mol. The Labute approximate surface area is 109 Å². The predicted octanol–water partition coefficient (Wildman–Crippen LogP) is 3.37. The van der Waals surface area contributed by atoms with Crippen LogP contribution in [-0.4, -0.2) is 11.0 Å². The van der Waals surface area contributed by atoms with Gasteiger partial charge in [0.05, 0.1) is 0 Å². The molecule has 0 unspecified atom stereocenters. The average Bonchev–Trinajstić information content (AvgIpc) is 2.36. The summed E-state index contributed by atoms with van der Waals surface area (Å²) < 4.78 is 0. The maximum absolute atomic E-state index is 11.6. The largest absolute Gasteiger partial charge is 0.508 e. The van der Waals surface area contributed by atoms with Crippen LogP contribution in [-0.2, 0) is 11.3 Å². The number of nitrogens with one attached hydrogen (secondary N) is 1. The second-order valence-electron chi connectivity index (χ2n) is 4.61. The van der Waals surface area contributed by atoms with Crippen molar-refractivity contribution in [3.8, 4) is 5.75 Å². The number of rotatable bonds is 8. The first kappa shape index (κ1) is 14.6. The van der Waals surface area contributed by atoms with E-state index in [9.17, 15) is 9.90 Å². The highest BCUT2D eigenvalue weighted by Crippen LogP contribution is 2.10. The summed E-state index contributed by atoms with van der Waals surface area (Å²) in [4.78, 5) is 11.6. The van der Waals surface area contributed by atoms with E-state index in [4.69, 9.17) is 0 Å². The van der Waals surface area contributed by atoms with Gasteiger partial charge in [-0.15, -0.1) is 0 Å². The van der Waals surface area contributed by atoms with Gasteiger partial charge in [-0.05, 0) is 24.1 Å². The van der Waals surface area contributed by atoms with E-state index in [1.54, 1.807) is 18.2 Å². The zero-order valence-corrected chi connectivity index (χ0v) is 11.1. The highest BCUT2D eigenvalue weighted by atomic mass is 16.3. The fourth-order valence-electron chi connectivity index (χ4n) is 1.84. The van der Waals surface area contributed by atoms with Crippen molar-refractivity contribution < 1.29 is 9.90 Å². The van der Waals surface area contributed by atoms with Crippen LogP contribution in [0.1, 0.15) is 51.0 Å². The van der Waals surface area contributed by atoms with Crippen molar-refractivity contribution >= 4 is 5.91 Å². The van der Waals surface area contributed by atoms with Gasteiger partial charge in [-0.2, -0.15) is 0 Å². The lowest BCUT2D eigenvalue weighted by Crippen LogP contribution is -2.22. The zero-order chi connectivity index (χ0) is 13.2. The van der Waals surface area contributed by atoms with Crippen molar-refractivity contribution in [2.75, 3.05) is 0 Å². The summed E-state index contributed by atoms with van der Waals surface area (Å²) in [6.07, 6.45) is 6.40.